The monoisotopic (exact) mass is 589 g/mol. The lowest BCUT2D eigenvalue weighted by molar-refractivity contribution is 0.385. The molecule has 2 rings (SSSR count). The molecule has 0 radical (unpaired) electrons. The third kappa shape index (κ3) is 38.5. The van der Waals surface area contributed by atoms with Crippen LogP contribution in [0, 0.1) is 30.1 Å². The highest BCUT2D eigenvalue weighted by Gasteiger charge is 2.08. The third-order valence-corrected chi connectivity index (χ3v) is 7.65. The number of benzene rings is 1. The lowest BCUT2D eigenvalue weighted by Gasteiger charge is -2.20. The maximum absolute atomic E-state index is 5.30. The molecule has 1 aromatic carbocycles. The van der Waals surface area contributed by atoms with Gasteiger partial charge in [-0.15, -0.1) is 50.4 Å². The Balaban J connectivity index is -0.000000265. The summed E-state index contributed by atoms with van der Waals surface area (Å²) in [7, 11) is 0. The first-order valence-electron chi connectivity index (χ1n) is 16.4. The van der Waals surface area contributed by atoms with E-state index in [0.717, 1.165) is 50.1 Å². The molecule has 0 aliphatic heterocycles. The zero-order chi connectivity index (χ0) is 32.2. The molecule has 0 spiro atoms. The smallest absolute Gasteiger partial charge is 0.0420 e. The molecule has 1 saturated carbocycles. The van der Waals surface area contributed by atoms with Crippen LogP contribution in [0.3, 0.4) is 0 Å². The van der Waals surface area contributed by atoms with E-state index >= 15 is 0 Å². The normalized spacial score (nSPS) is 13.4. The summed E-state index contributed by atoms with van der Waals surface area (Å²) < 4.78 is 0. The van der Waals surface area contributed by atoms with Gasteiger partial charge in [0.05, 0.1) is 0 Å². The Morgan fingerprint density at radius 2 is 1.51 bits per heavy atom. The van der Waals surface area contributed by atoms with Crippen molar-refractivity contribution in [1.82, 2.24) is 10.6 Å². The molecular formula is C38H72N2S. The second-order valence-electron chi connectivity index (χ2n) is 10.7. The topological polar surface area (TPSA) is 24.1 Å². The average molecular weight is 589 g/mol. The number of nitrogens with one attached hydrogen (secondary N) is 2. The van der Waals surface area contributed by atoms with Crippen LogP contribution in [0.1, 0.15) is 119 Å². The molecule has 1 aliphatic carbocycles. The van der Waals surface area contributed by atoms with E-state index in [4.69, 9.17) is 6.42 Å². The number of terminal acetylenes is 1. The molecular weight excluding hydrogens is 516 g/mol. The van der Waals surface area contributed by atoms with Gasteiger partial charge in [-0.1, -0.05) is 124 Å². The first-order valence-corrected chi connectivity index (χ1v) is 17.6. The van der Waals surface area contributed by atoms with Crippen LogP contribution >= 0.6 is 11.8 Å². The molecule has 240 valence electrons. The third-order valence-electron chi connectivity index (χ3n) is 6.37. The van der Waals surface area contributed by atoms with Crippen LogP contribution < -0.4 is 10.6 Å². The number of hydrogen-bond donors (Lipinski definition) is 2. The summed E-state index contributed by atoms with van der Waals surface area (Å²) in [6.07, 6.45) is 18.4. The van der Waals surface area contributed by atoms with E-state index in [1.54, 1.807) is 0 Å². The summed E-state index contributed by atoms with van der Waals surface area (Å²) in [5, 5.41) is 7.25. The molecule has 0 aromatic heterocycles. The van der Waals surface area contributed by atoms with Crippen LogP contribution in [-0.4, -0.2) is 30.8 Å². The van der Waals surface area contributed by atoms with E-state index in [0.29, 0.717) is 12.0 Å². The van der Waals surface area contributed by atoms with Crippen LogP contribution in [0.5, 0.6) is 0 Å². The SMILES string of the molecule is C#CCCC(C)CNCC(CCC)NCSCC(C)C.C=C.C=C.CC.CC1CCCCC1.CCc1ccccc1. The zero-order valence-corrected chi connectivity index (χ0v) is 29.7. The Morgan fingerprint density at radius 1 is 0.927 bits per heavy atom. The summed E-state index contributed by atoms with van der Waals surface area (Å²) in [6, 6.07) is 11.1. The quantitative estimate of drug-likeness (QED) is 0.0978. The molecule has 2 nitrogen and oxygen atoms in total. The molecule has 2 unspecified atom stereocenters. The maximum atomic E-state index is 5.30. The highest BCUT2D eigenvalue weighted by molar-refractivity contribution is 7.99. The van der Waals surface area contributed by atoms with Gasteiger partial charge in [0, 0.05) is 24.9 Å². The van der Waals surface area contributed by atoms with Gasteiger partial charge in [0.1, 0.15) is 0 Å². The fourth-order valence-electron chi connectivity index (χ4n) is 4.05. The molecule has 0 bridgehead atoms. The standard InChI is InChI=1S/C17H34N2S.C8H10.C7H14.C2H6.2C2H4/c1-6-8-10-16(5)11-18-12-17(9-7-2)19-14-20-13-15(3)4;1-2-8-6-4-3-5-7-8;1-7-5-3-2-4-6-7;3*1-2/h1,15-19H,7-14H2,2-5H3;3-7H,2H2,1H3;7H,2-6H2,1H3;1-2H3;2*1-2H2. The van der Waals surface area contributed by atoms with Crippen LogP contribution in [0.15, 0.2) is 56.6 Å². The second kappa shape index (κ2) is 40.7. The molecule has 1 fully saturated rings. The molecule has 1 aliphatic rings. The van der Waals surface area contributed by atoms with Crippen molar-refractivity contribution in [3.05, 3.63) is 62.2 Å². The average Bonchev–Trinajstić information content (AvgIpc) is 3.02. The van der Waals surface area contributed by atoms with Crippen molar-refractivity contribution < 1.29 is 0 Å². The van der Waals surface area contributed by atoms with Crippen molar-refractivity contribution in [2.75, 3.05) is 24.7 Å². The van der Waals surface area contributed by atoms with Gasteiger partial charge >= 0.3 is 0 Å². The number of aryl methyl sites for hydroxylation is 1. The van der Waals surface area contributed by atoms with E-state index in [-0.39, 0.29) is 0 Å². The van der Waals surface area contributed by atoms with E-state index in [2.05, 4.69) is 109 Å². The molecule has 2 N–H and O–H groups in total. The van der Waals surface area contributed by atoms with Crippen molar-refractivity contribution in [3.8, 4) is 12.3 Å². The number of hydrogen-bond acceptors (Lipinski definition) is 3. The van der Waals surface area contributed by atoms with E-state index in [9.17, 15) is 0 Å². The molecule has 0 heterocycles. The van der Waals surface area contributed by atoms with Crippen LogP contribution in [0.2, 0.25) is 0 Å². The Hall–Kier alpha value is -1.47. The van der Waals surface area contributed by atoms with Crippen LogP contribution in [0.4, 0.5) is 0 Å². The molecule has 2 atom stereocenters. The summed E-state index contributed by atoms with van der Waals surface area (Å²) >= 11 is 2.01. The molecule has 0 amide bonds. The minimum atomic E-state index is 0.597. The predicted molar refractivity (Wildman–Crippen MR) is 196 cm³/mol. The Bertz CT molecular complexity index is 617. The van der Waals surface area contributed by atoms with E-state index < -0.39 is 0 Å². The predicted octanol–water partition coefficient (Wildman–Crippen LogP) is 11.2. The maximum Gasteiger partial charge on any atom is 0.0420 e. The highest BCUT2D eigenvalue weighted by atomic mass is 32.2. The summed E-state index contributed by atoms with van der Waals surface area (Å²) in [5.41, 5.74) is 1.41. The van der Waals surface area contributed by atoms with Gasteiger partial charge in [-0.25, -0.2) is 0 Å². The Morgan fingerprint density at radius 3 is 1.93 bits per heavy atom. The second-order valence-corrected chi connectivity index (χ2v) is 11.7. The lowest BCUT2D eigenvalue weighted by Crippen LogP contribution is -2.39. The largest absolute Gasteiger partial charge is 0.315 e. The molecule has 1 aromatic rings. The van der Waals surface area contributed by atoms with Crippen molar-refractivity contribution in [3.63, 3.8) is 0 Å². The van der Waals surface area contributed by atoms with Gasteiger partial charge in [0.15, 0.2) is 0 Å². The van der Waals surface area contributed by atoms with Gasteiger partial charge < -0.3 is 10.6 Å². The minimum Gasteiger partial charge on any atom is -0.315 e. The lowest BCUT2D eigenvalue weighted by atomic mass is 9.91. The summed E-state index contributed by atoms with van der Waals surface area (Å²) in [6.45, 7) is 31.7. The molecule has 3 heteroatoms. The van der Waals surface area contributed by atoms with Gasteiger partial charge in [-0.3, -0.25) is 0 Å². The van der Waals surface area contributed by atoms with Crippen molar-refractivity contribution >= 4 is 11.8 Å². The van der Waals surface area contributed by atoms with E-state index in [1.807, 2.05) is 31.7 Å². The van der Waals surface area contributed by atoms with Gasteiger partial charge in [0.25, 0.3) is 0 Å². The van der Waals surface area contributed by atoms with Crippen molar-refractivity contribution in [1.29, 1.82) is 0 Å². The molecule has 41 heavy (non-hydrogen) atoms. The van der Waals surface area contributed by atoms with E-state index in [1.165, 1.54) is 56.3 Å². The van der Waals surface area contributed by atoms with Crippen LogP contribution in [0.25, 0.3) is 0 Å². The van der Waals surface area contributed by atoms with Gasteiger partial charge in [-0.2, -0.15) is 0 Å². The first kappa shape index (κ1) is 46.5. The number of thioether (sulfide) groups is 1. The van der Waals surface area contributed by atoms with Gasteiger partial charge in [-0.05, 0) is 54.9 Å². The minimum absolute atomic E-state index is 0.597. The van der Waals surface area contributed by atoms with Gasteiger partial charge in [0.2, 0.25) is 0 Å². The summed E-state index contributed by atoms with van der Waals surface area (Å²) in [4.78, 5) is 0. The molecule has 0 saturated heterocycles. The summed E-state index contributed by atoms with van der Waals surface area (Å²) in [5.74, 6) is 7.51. The Kier molecular flexibility index (Phi) is 46.1. The fraction of sp³-hybridized carbons (Fsp3) is 0.684. The first-order chi connectivity index (χ1) is 19.9. The number of rotatable bonds is 14. The van der Waals surface area contributed by atoms with Crippen LogP contribution in [-0.2, 0) is 6.42 Å². The van der Waals surface area contributed by atoms with Crippen molar-refractivity contribution in [2.24, 2.45) is 17.8 Å². The highest BCUT2D eigenvalue weighted by Crippen LogP contribution is 2.22. The van der Waals surface area contributed by atoms with Crippen molar-refractivity contribution in [2.45, 2.75) is 126 Å². The Labute approximate surface area is 264 Å². The zero-order valence-electron chi connectivity index (χ0n) is 28.9. The fourth-order valence-corrected chi connectivity index (χ4v) is 5.00.